The maximum atomic E-state index is 14.0. The fourth-order valence-corrected chi connectivity index (χ4v) is 4.54. The van der Waals surface area contributed by atoms with Gasteiger partial charge < -0.3 is 0 Å². The normalized spacial score (nSPS) is 11.4. The Morgan fingerprint density at radius 3 is 2.17 bits per heavy atom. The molecule has 1 N–H and O–H groups in total. The number of anilines is 1. The SMILES string of the molecule is O=C(Nc1nc(-c2ccccc2)c(-c2ccccc2)s1)c1cnn(-c2ccccn2)c1C(F)(F)F. The zero-order valence-corrected chi connectivity index (χ0v) is 18.7. The minimum Gasteiger partial charge on any atom is -0.298 e. The van der Waals surface area contributed by atoms with Gasteiger partial charge in [0, 0.05) is 11.8 Å². The molecule has 5 rings (SSSR count). The van der Waals surface area contributed by atoms with E-state index in [9.17, 15) is 18.0 Å². The zero-order chi connectivity index (χ0) is 24.4. The molecule has 3 heterocycles. The number of hydrogen-bond acceptors (Lipinski definition) is 5. The lowest BCUT2D eigenvalue weighted by Gasteiger charge is -2.11. The fourth-order valence-electron chi connectivity index (χ4n) is 3.56. The van der Waals surface area contributed by atoms with Gasteiger partial charge in [0.25, 0.3) is 5.91 Å². The maximum absolute atomic E-state index is 14.0. The number of aromatic nitrogens is 4. The molecule has 35 heavy (non-hydrogen) atoms. The smallest absolute Gasteiger partial charge is 0.298 e. The van der Waals surface area contributed by atoms with E-state index in [0.29, 0.717) is 10.4 Å². The number of carbonyl (C=O) groups is 1. The highest BCUT2D eigenvalue weighted by Gasteiger charge is 2.41. The summed E-state index contributed by atoms with van der Waals surface area (Å²) in [5.41, 5.74) is 0.486. The highest BCUT2D eigenvalue weighted by molar-refractivity contribution is 7.19. The van der Waals surface area contributed by atoms with Crippen LogP contribution in [0.15, 0.2) is 91.3 Å². The molecular weight excluding hydrogens is 475 g/mol. The van der Waals surface area contributed by atoms with Crippen molar-refractivity contribution in [2.24, 2.45) is 0 Å². The molecule has 0 saturated heterocycles. The molecule has 0 aliphatic carbocycles. The molecule has 0 unspecified atom stereocenters. The number of hydrogen-bond donors (Lipinski definition) is 1. The van der Waals surface area contributed by atoms with Crippen LogP contribution >= 0.6 is 11.3 Å². The molecule has 1 amide bonds. The van der Waals surface area contributed by atoms with Gasteiger partial charge in [-0.1, -0.05) is 78.1 Å². The molecule has 0 saturated carbocycles. The van der Waals surface area contributed by atoms with Crippen molar-refractivity contribution in [1.29, 1.82) is 0 Å². The van der Waals surface area contributed by atoms with E-state index < -0.39 is 23.3 Å². The number of carbonyl (C=O) groups excluding carboxylic acids is 1. The number of benzene rings is 2. The molecule has 174 valence electrons. The van der Waals surface area contributed by atoms with Gasteiger partial charge in [-0.15, -0.1) is 0 Å². The second-order valence-electron chi connectivity index (χ2n) is 7.39. The summed E-state index contributed by atoms with van der Waals surface area (Å²) in [7, 11) is 0. The second kappa shape index (κ2) is 9.15. The summed E-state index contributed by atoms with van der Waals surface area (Å²) in [6, 6.07) is 23.3. The van der Waals surface area contributed by atoms with Gasteiger partial charge in [-0.2, -0.15) is 18.3 Å². The zero-order valence-electron chi connectivity index (χ0n) is 17.9. The standard InChI is InChI=1S/C25H16F3N5OS/c26-25(27,28)22-18(15-30-33(22)19-13-7-8-14-29-19)23(34)32-24-31-20(16-9-3-1-4-10-16)21(35-24)17-11-5-2-6-12-17/h1-15H,(H,31,32,34). The van der Waals surface area contributed by atoms with Gasteiger partial charge in [-0.05, 0) is 17.7 Å². The third-order valence-electron chi connectivity index (χ3n) is 5.08. The highest BCUT2D eigenvalue weighted by Crippen LogP contribution is 2.39. The van der Waals surface area contributed by atoms with Crippen molar-refractivity contribution in [3.05, 3.63) is 103 Å². The van der Waals surface area contributed by atoms with Crippen molar-refractivity contribution < 1.29 is 18.0 Å². The molecule has 3 aromatic heterocycles. The fraction of sp³-hybridized carbons (Fsp3) is 0.0400. The first-order valence-electron chi connectivity index (χ1n) is 10.4. The average Bonchev–Trinajstić information content (AvgIpc) is 3.51. The van der Waals surface area contributed by atoms with Crippen LogP contribution in [0.25, 0.3) is 27.5 Å². The number of nitrogens with zero attached hydrogens (tertiary/aromatic N) is 4. The van der Waals surface area contributed by atoms with Crippen molar-refractivity contribution in [3.8, 4) is 27.5 Å². The lowest BCUT2D eigenvalue weighted by atomic mass is 10.1. The summed E-state index contributed by atoms with van der Waals surface area (Å²) in [4.78, 5) is 22.3. The molecule has 0 atom stereocenters. The molecule has 2 aromatic carbocycles. The van der Waals surface area contributed by atoms with E-state index in [-0.39, 0.29) is 10.9 Å². The summed E-state index contributed by atoms with van der Waals surface area (Å²) in [5, 5.41) is 6.49. The second-order valence-corrected chi connectivity index (χ2v) is 8.39. The Morgan fingerprint density at radius 1 is 0.886 bits per heavy atom. The van der Waals surface area contributed by atoms with Crippen LogP contribution in [-0.2, 0) is 6.18 Å². The van der Waals surface area contributed by atoms with E-state index in [1.165, 1.54) is 29.7 Å². The molecule has 6 nitrogen and oxygen atoms in total. The van der Waals surface area contributed by atoms with Crippen LogP contribution in [0.5, 0.6) is 0 Å². The first-order chi connectivity index (χ1) is 16.9. The topological polar surface area (TPSA) is 72.7 Å². The predicted octanol–water partition coefficient (Wildman–Crippen LogP) is 6.33. The molecule has 0 spiro atoms. The summed E-state index contributed by atoms with van der Waals surface area (Å²) < 4.78 is 42.5. The Morgan fingerprint density at radius 2 is 1.54 bits per heavy atom. The van der Waals surface area contributed by atoms with E-state index in [2.05, 4.69) is 20.4 Å². The van der Waals surface area contributed by atoms with Crippen LogP contribution in [0.1, 0.15) is 16.1 Å². The minimum atomic E-state index is -4.84. The summed E-state index contributed by atoms with van der Waals surface area (Å²) in [5.74, 6) is -1.02. The Labute approximate surface area is 201 Å². The summed E-state index contributed by atoms with van der Waals surface area (Å²) >= 11 is 1.18. The van der Waals surface area contributed by atoms with Crippen LogP contribution in [0.2, 0.25) is 0 Å². The minimum absolute atomic E-state index is 0.0501. The van der Waals surface area contributed by atoms with Gasteiger partial charge in [0.05, 0.1) is 22.3 Å². The van der Waals surface area contributed by atoms with Crippen molar-refractivity contribution >= 4 is 22.4 Å². The molecule has 0 aliphatic heterocycles. The van der Waals surface area contributed by atoms with Crippen LogP contribution in [0.3, 0.4) is 0 Å². The number of halogens is 3. The predicted molar refractivity (Wildman–Crippen MR) is 127 cm³/mol. The monoisotopic (exact) mass is 491 g/mol. The molecule has 10 heteroatoms. The third kappa shape index (κ3) is 4.56. The molecular formula is C25H16F3N5OS. The molecule has 5 aromatic rings. The Hall–Kier alpha value is -4.31. The quantitative estimate of drug-likeness (QED) is 0.312. The number of alkyl halides is 3. The van der Waals surface area contributed by atoms with E-state index in [0.717, 1.165) is 22.2 Å². The number of rotatable bonds is 5. The first kappa shape index (κ1) is 22.5. The Kier molecular flexibility index (Phi) is 5.87. The van der Waals surface area contributed by atoms with Crippen molar-refractivity contribution in [1.82, 2.24) is 19.7 Å². The highest BCUT2D eigenvalue weighted by atomic mass is 32.1. The van der Waals surface area contributed by atoms with Crippen molar-refractivity contribution in [2.45, 2.75) is 6.18 Å². The van der Waals surface area contributed by atoms with E-state index >= 15 is 0 Å². The number of pyridine rings is 1. The van der Waals surface area contributed by atoms with Gasteiger partial charge in [-0.25, -0.2) is 14.6 Å². The van der Waals surface area contributed by atoms with Gasteiger partial charge in [0.15, 0.2) is 16.6 Å². The lowest BCUT2D eigenvalue weighted by molar-refractivity contribution is -0.143. The van der Waals surface area contributed by atoms with E-state index in [1.807, 2.05) is 60.7 Å². The van der Waals surface area contributed by atoms with E-state index in [1.54, 1.807) is 6.07 Å². The third-order valence-corrected chi connectivity index (χ3v) is 6.10. The lowest BCUT2D eigenvalue weighted by Crippen LogP contribution is -2.21. The summed E-state index contributed by atoms with van der Waals surface area (Å²) in [6.07, 6.45) is -2.60. The molecule has 0 fully saturated rings. The van der Waals surface area contributed by atoms with Crippen molar-refractivity contribution in [3.63, 3.8) is 0 Å². The van der Waals surface area contributed by atoms with Gasteiger partial charge in [0.2, 0.25) is 0 Å². The van der Waals surface area contributed by atoms with E-state index in [4.69, 9.17) is 0 Å². The van der Waals surface area contributed by atoms with Crippen LogP contribution in [-0.4, -0.2) is 25.7 Å². The maximum Gasteiger partial charge on any atom is 0.434 e. The molecule has 0 bridgehead atoms. The number of thiazole rings is 1. The first-order valence-corrected chi connectivity index (χ1v) is 11.2. The van der Waals surface area contributed by atoms with Crippen LogP contribution in [0.4, 0.5) is 18.3 Å². The largest absolute Gasteiger partial charge is 0.434 e. The molecule has 0 radical (unpaired) electrons. The number of nitrogens with one attached hydrogen (secondary N) is 1. The Balaban J connectivity index is 1.54. The summed E-state index contributed by atoms with van der Waals surface area (Å²) in [6.45, 7) is 0. The average molecular weight is 491 g/mol. The Bertz CT molecular complexity index is 1410. The van der Waals surface area contributed by atoms with Gasteiger partial charge in [0.1, 0.15) is 0 Å². The molecule has 0 aliphatic rings. The van der Waals surface area contributed by atoms with Gasteiger partial charge >= 0.3 is 6.18 Å². The van der Waals surface area contributed by atoms with Crippen molar-refractivity contribution in [2.75, 3.05) is 5.32 Å². The van der Waals surface area contributed by atoms with Gasteiger partial charge in [-0.3, -0.25) is 10.1 Å². The van der Waals surface area contributed by atoms with Crippen LogP contribution < -0.4 is 5.32 Å². The van der Waals surface area contributed by atoms with Crippen LogP contribution in [0, 0.1) is 0 Å². The number of amides is 1.